The second-order valence-corrected chi connectivity index (χ2v) is 10.5. The lowest BCUT2D eigenvalue weighted by molar-refractivity contribution is -0.127. The zero-order chi connectivity index (χ0) is 22.8. The smallest absolute Gasteiger partial charge is 0.255 e. The lowest BCUT2D eigenvalue weighted by atomic mass is 9.67. The van der Waals surface area contributed by atoms with Crippen LogP contribution in [0.1, 0.15) is 61.0 Å². The van der Waals surface area contributed by atoms with Crippen LogP contribution in [0.2, 0.25) is 0 Å². The molecule has 3 aliphatic heterocycles. The molecule has 0 radical (unpaired) electrons. The summed E-state index contributed by atoms with van der Waals surface area (Å²) in [6, 6.07) is 4.11. The van der Waals surface area contributed by atoms with E-state index in [1.807, 2.05) is 17.0 Å². The van der Waals surface area contributed by atoms with Crippen molar-refractivity contribution in [2.24, 2.45) is 11.3 Å². The van der Waals surface area contributed by atoms with Crippen molar-refractivity contribution in [1.29, 1.82) is 0 Å². The average Bonchev–Trinajstić information content (AvgIpc) is 3.48. The van der Waals surface area contributed by atoms with Gasteiger partial charge in [-0.15, -0.1) is 0 Å². The zero-order valence-electron chi connectivity index (χ0n) is 19.4. The quantitative estimate of drug-likeness (QED) is 0.678. The molecule has 4 heterocycles. The molecule has 178 valence electrons. The van der Waals surface area contributed by atoms with E-state index in [1.54, 1.807) is 6.20 Å². The van der Waals surface area contributed by atoms with E-state index in [0.29, 0.717) is 18.5 Å². The normalized spacial score (nSPS) is 25.2. The Kier molecular flexibility index (Phi) is 6.36. The number of likely N-dealkylation sites (tertiary alicyclic amines) is 2. The van der Waals surface area contributed by atoms with E-state index < -0.39 is 0 Å². The third kappa shape index (κ3) is 5.05. The number of rotatable bonds is 6. The summed E-state index contributed by atoms with van der Waals surface area (Å²) in [5.41, 5.74) is 1.93. The van der Waals surface area contributed by atoms with E-state index in [9.17, 15) is 14.4 Å². The van der Waals surface area contributed by atoms with Crippen LogP contribution in [0.5, 0.6) is 0 Å². The van der Waals surface area contributed by atoms with Crippen molar-refractivity contribution in [3.63, 3.8) is 0 Å². The van der Waals surface area contributed by atoms with E-state index in [4.69, 9.17) is 0 Å². The molecular weight excluding hydrogens is 418 g/mol. The van der Waals surface area contributed by atoms with Gasteiger partial charge in [0.15, 0.2) is 0 Å². The van der Waals surface area contributed by atoms with Gasteiger partial charge >= 0.3 is 0 Å². The van der Waals surface area contributed by atoms with E-state index in [1.165, 1.54) is 25.9 Å². The van der Waals surface area contributed by atoms with Gasteiger partial charge in [0, 0.05) is 62.4 Å². The van der Waals surface area contributed by atoms with Crippen LogP contribution in [0.4, 0.5) is 0 Å². The van der Waals surface area contributed by atoms with Gasteiger partial charge in [-0.1, -0.05) is 0 Å². The van der Waals surface area contributed by atoms with Gasteiger partial charge in [0.05, 0.1) is 11.5 Å². The Morgan fingerprint density at radius 1 is 1.15 bits per heavy atom. The molecule has 1 saturated carbocycles. The van der Waals surface area contributed by atoms with Crippen molar-refractivity contribution >= 4 is 17.7 Å². The number of amides is 3. The summed E-state index contributed by atoms with van der Waals surface area (Å²) in [4.78, 5) is 45.6. The molecule has 1 aromatic heterocycles. The minimum Gasteiger partial charge on any atom is -0.355 e. The maximum Gasteiger partial charge on any atom is 0.255 e. The molecule has 5 rings (SSSR count). The first-order valence-electron chi connectivity index (χ1n) is 12.5. The summed E-state index contributed by atoms with van der Waals surface area (Å²) in [5, 5.41) is 5.86. The van der Waals surface area contributed by atoms with Crippen LogP contribution in [0.15, 0.2) is 18.3 Å². The summed E-state index contributed by atoms with van der Waals surface area (Å²) in [5.74, 6) is -0.196. The number of pyridine rings is 1. The van der Waals surface area contributed by atoms with Crippen molar-refractivity contribution in [3.05, 3.63) is 29.6 Å². The Hall–Kier alpha value is -2.48. The molecular formula is C25H35N5O3. The Balaban J connectivity index is 1.05. The molecule has 1 unspecified atom stereocenters. The Morgan fingerprint density at radius 2 is 1.91 bits per heavy atom. The van der Waals surface area contributed by atoms with Crippen LogP contribution in [0.3, 0.4) is 0 Å². The third-order valence-electron chi connectivity index (χ3n) is 8.04. The van der Waals surface area contributed by atoms with Crippen LogP contribution in [0.25, 0.3) is 0 Å². The van der Waals surface area contributed by atoms with Crippen LogP contribution in [0, 0.1) is 11.3 Å². The first kappa shape index (κ1) is 22.3. The molecule has 3 amide bonds. The first-order chi connectivity index (χ1) is 16.0. The summed E-state index contributed by atoms with van der Waals surface area (Å²) >= 11 is 0. The number of nitrogens with zero attached hydrogens (tertiary/aromatic N) is 3. The van der Waals surface area contributed by atoms with Crippen LogP contribution in [-0.4, -0.2) is 77.8 Å². The standard InChI is InChI=1S/C25H35N5O3/c31-22-13-19(15-27-22)23(32)28-21-5-8-25(9-6-21)16-30(17-25)24(33)18-3-4-20(26-14-18)7-12-29-10-1-2-11-29/h3-4,14,19,21H,1-2,5-13,15-17H2,(H,27,31)(H,28,32). The van der Waals surface area contributed by atoms with Gasteiger partial charge in [0.2, 0.25) is 11.8 Å². The predicted molar refractivity (Wildman–Crippen MR) is 123 cm³/mol. The summed E-state index contributed by atoms with van der Waals surface area (Å²) in [6.45, 7) is 5.48. The van der Waals surface area contributed by atoms with Gasteiger partial charge in [-0.25, -0.2) is 0 Å². The predicted octanol–water partition coefficient (Wildman–Crippen LogP) is 1.36. The van der Waals surface area contributed by atoms with Gasteiger partial charge in [-0.3, -0.25) is 19.4 Å². The molecule has 3 saturated heterocycles. The molecule has 1 atom stereocenters. The SMILES string of the molecule is O=C1CC(C(=O)NC2CCC3(CC2)CN(C(=O)c2ccc(CCN4CCCC4)nc2)C3)CN1. The van der Waals surface area contributed by atoms with Crippen molar-refractivity contribution < 1.29 is 14.4 Å². The largest absolute Gasteiger partial charge is 0.355 e. The fourth-order valence-electron chi connectivity index (χ4n) is 5.87. The zero-order valence-corrected chi connectivity index (χ0v) is 19.4. The summed E-state index contributed by atoms with van der Waals surface area (Å²) in [6.07, 6.45) is 9.50. The Bertz CT molecular complexity index is 880. The maximum atomic E-state index is 12.9. The highest BCUT2D eigenvalue weighted by Crippen LogP contribution is 2.44. The highest BCUT2D eigenvalue weighted by Gasteiger charge is 2.47. The lowest BCUT2D eigenvalue weighted by Gasteiger charge is -2.53. The van der Waals surface area contributed by atoms with E-state index in [0.717, 1.165) is 57.4 Å². The number of nitrogens with one attached hydrogen (secondary N) is 2. The molecule has 8 heteroatoms. The molecule has 2 N–H and O–H groups in total. The van der Waals surface area contributed by atoms with Crippen molar-refractivity contribution in [1.82, 2.24) is 25.4 Å². The molecule has 8 nitrogen and oxygen atoms in total. The lowest BCUT2D eigenvalue weighted by Crippen LogP contribution is -2.60. The summed E-state index contributed by atoms with van der Waals surface area (Å²) < 4.78 is 0. The molecule has 0 bridgehead atoms. The molecule has 1 aliphatic carbocycles. The van der Waals surface area contributed by atoms with Crippen LogP contribution < -0.4 is 10.6 Å². The van der Waals surface area contributed by atoms with Crippen molar-refractivity contribution in [2.45, 2.75) is 57.4 Å². The monoisotopic (exact) mass is 453 g/mol. The second kappa shape index (κ2) is 9.41. The number of aromatic nitrogens is 1. The summed E-state index contributed by atoms with van der Waals surface area (Å²) in [7, 11) is 0. The number of hydrogen-bond donors (Lipinski definition) is 2. The van der Waals surface area contributed by atoms with Gasteiger partial charge in [-0.2, -0.15) is 0 Å². The molecule has 1 aromatic rings. The maximum absolute atomic E-state index is 12.9. The molecule has 4 aliphatic rings. The Labute approximate surface area is 195 Å². The van der Waals surface area contributed by atoms with E-state index >= 15 is 0 Å². The van der Waals surface area contributed by atoms with Gasteiger partial charge < -0.3 is 20.4 Å². The highest BCUT2D eigenvalue weighted by molar-refractivity contribution is 5.94. The fraction of sp³-hybridized carbons (Fsp3) is 0.680. The topological polar surface area (TPSA) is 94.6 Å². The van der Waals surface area contributed by atoms with Gasteiger partial charge in [0.1, 0.15) is 0 Å². The molecule has 1 spiro atoms. The van der Waals surface area contributed by atoms with Crippen LogP contribution in [-0.2, 0) is 16.0 Å². The number of carbonyl (C=O) groups is 3. The average molecular weight is 454 g/mol. The number of hydrogen-bond acceptors (Lipinski definition) is 5. The van der Waals surface area contributed by atoms with Gasteiger partial charge in [-0.05, 0) is 63.7 Å². The highest BCUT2D eigenvalue weighted by atomic mass is 16.2. The third-order valence-corrected chi connectivity index (χ3v) is 8.04. The first-order valence-corrected chi connectivity index (χ1v) is 12.5. The van der Waals surface area contributed by atoms with E-state index in [-0.39, 0.29) is 35.1 Å². The van der Waals surface area contributed by atoms with Crippen molar-refractivity contribution in [3.8, 4) is 0 Å². The minimum absolute atomic E-state index is 0.00362. The fourth-order valence-corrected chi connectivity index (χ4v) is 5.87. The molecule has 4 fully saturated rings. The number of carbonyl (C=O) groups excluding carboxylic acids is 3. The second-order valence-electron chi connectivity index (χ2n) is 10.5. The van der Waals surface area contributed by atoms with E-state index in [2.05, 4.69) is 20.5 Å². The van der Waals surface area contributed by atoms with Crippen LogP contribution >= 0.6 is 0 Å². The minimum atomic E-state index is -0.231. The van der Waals surface area contributed by atoms with Crippen molar-refractivity contribution in [2.75, 3.05) is 39.3 Å². The Morgan fingerprint density at radius 3 is 2.55 bits per heavy atom. The molecule has 33 heavy (non-hydrogen) atoms. The molecule has 0 aromatic carbocycles. The van der Waals surface area contributed by atoms with Gasteiger partial charge in [0.25, 0.3) is 5.91 Å².